The van der Waals surface area contributed by atoms with Gasteiger partial charge in [0.15, 0.2) is 0 Å². The molecule has 1 amide bonds. The second-order valence-electron chi connectivity index (χ2n) is 4.96. The highest BCUT2D eigenvalue weighted by molar-refractivity contribution is 5.76. The molecule has 1 fully saturated rings. The van der Waals surface area contributed by atoms with Crippen LogP contribution >= 0.6 is 0 Å². The molecule has 4 heteroatoms. The van der Waals surface area contributed by atoms with Gasteiger partial charge in [-0.2, -0.15) is 0 Å². The number of nitrogens with one attached hydrogen (secondary N) is 1. The van der Waals surface area contributed by atoms with E-state index in [9.17, 15) is 4.79 Å². The zero-order chi connectivity index (χ0) is 13.5. The van der Waals surface area contributed by atoms with Gasteiger partial charge in [0.1, 0.15) is 0 Å². The van der Waals surface area contributed by atoms with Crippen molar-refractivity contribution in [1.82, 2.24) is 10.2 Å². The highest BCUT2D eigenvalue weighted by Gasteiger charge is 2.25. The van der Waals surface area contributed by atoms with Gasteiger partial charge in [-0.3, -0.25) is 4.79 Å². The van der Waals surface area contributed by atoms with Gasteiger partial charge < -0.3 is 15.3 Å². The summed E-state index contributed by atoms with van der Waals surface area (Å²) in [5.74, 6) is 0.163. The average molecular weight is 262 g/mol. The molecule has 0 bridgehead atoms. The standard InChI is InChI=1S/C15H22N2O2/c18-10-4-7-15(19)17-9-8-16-12-14(17)11-13-5-2-1-3-6-13/h1-3,5-6,14,16,18H,4,7-12H2. The molecule has 19 heavy (non-hydrogen) atoms. The smallest absolute Gasteiger partial charge is 0.223 e. The van der Waals surface area contributed by atoms with Gasteiger partial charge in [-0.1, -0.05) is 30.3 Å². The Hall–Kier alpha value is -1.39. The normalized spacial score (nSPS) is 19.4. The molecule has 0 spiro atoms. The van der Waals surface area contributed by atoms with Gasteiger partial charge >= 0.3 is 0 Å². The van der Waals surface area contributed by atoms with Crippen molar-refractivity contribution in [3.63, 3.8) is 0 Å². The number of carbonyl (C=O) groups excluding carboxylic acids is 1. The quantitative estimate of drug-likeness (QED) is 0.825. The number of hydrogen-bond acceptors (Lipinski definition) is 3. The number of amides is 1. The summed E-state index contributed by atoms with van der Waals surface area (Å²) >= 11 is 0. The summed E-state index contributed by atoms with van der Waals surface area (Å²) in [6.07, 6.45) is 1.89. The maximum Gasteiger partial charge on any atom is 0.223 e. The van der Waals surface area contributed by atoms with Crippen LogP contribution in [0, 0.1) is 0 Å². The van der Waals surface area contributed by atoms with Crippen LogP contribution in [0.1, 0.15) is 18.4 Å². The Kier molecular flexibility index (Phi) is 5.36. The number of rotatable bonds is 5. The van der Waals surface area contributed by atoms with Gasteiger partial charge in [0, 0.05) is 38.7 Å². The van der Waals surface area contributed by atoms with Crippen molar-refractivity contribution in [2.45, 2.75) is 25.3 Å². The fraction of sp³-hybridized carbons (Fsp3) is 0.533. The van der Waals surface area contributed by atoms with Crippen molar-refractivity contribution in [3.8, 4) is 0 Å². The molecule has 0 aromatic heterocycles. The van der Waals surface area contributed by atoms with E-state index in [0.717, 1.165) is 26.1 Å². The molecular weight excluding hydrogens is 240 g/mol. The van der Waals surface area contributed by atoms with Crippen LogP contribution < -0.4 is 5.32 Å². The van der Waals surface area contributed by atoms with E-state index in [1.807, 2.05) is 23.1 Å². The number of carbonyl (C=O) groups is 1. The largest absolute Gasteiger partial charge is 0.396 e. The zero-order valence-corrected chi connectivity index (χ0v) is 11.2. The van der Waals surface area contributed by atoms with Crippen molar-refractivity contribution in [2.75, 3.05) is 26.2 Å². The van der Waals surface area contributed by atoms with E-state index in [4.69, 9.17) is 5.11 Å². The molecule has 4 nitrogen and oxygen atoms in total. The molecule has 0 saturated carbocycles. The Bertz CT molecular complexity index is 394. The molecule has 104 valence electrons. The Morgan fingerprint density at radius 2 is 2.16 bits per heavy atom. The lowest BCUT2D eigenvalue weighted by molar-refractivity contribution is -0.134. The summed E-state index contributed by atoms with van der Waals surface area (Å²) in [5, 5.41) is 12.2. The van der Waals surface area contributed by atoms with E-state index >= 15 is 0 Å². The van der Waals surface area contributed by atoms with Crippen molar-refractivity contribution in [2.24, 2.45) is 0 Å². The number of aliphatic hydroxyl groups excluding tert-OH is 1. The van der Waals surface area contributed by atoms with Crippen LogP contribution in [0.5, 0.6) is 0 Å². The lowest BCUT2D eigenvalue weighted by atomic mass is 10.0. The first-order valence-corrected chi connectivity index (χ1v) is 6.96. The van der Waals surface area contributed by atoms with E-state index in [1.54, 1.807) is 0 Å². The van der Waals surface area contributed by atoms with Crippen LogP contribution in [0.2, 0.25) is 0 Å². The van der Waals surface area contributed by atoms with Crippen LogP contribution in [0.25, 0.3) is 0 Å². The monoisotopic (exact) mass is 262 g/mol. The van der Waals surface area contributed by atoms with E-state index in [2.05, 4.69) is 17.4 Å². The second kappa shape index (κ2) is 7.26. The third-order valence-electron chi connectivity index (χ3n) is 3.53. The summed E-state index contributed by atoms with van der Waals surface area (Å²) in [7, 11) is 0. The molecule has 0 radical (unpaired) electrons. The molecule has 2 N–H and O–H groups in total. The molecule has 1 aromatic carbocycles. The number of hydrogen-bond donors (Lipinski definition) is 2. The molecule has 1 aromatic rings. The third-order valence-corrected chi connectivity index (χ3v) is 3.53. The molecule has 2 rings (SSSR count). The summed E-state index contributed by atoms with van der Waals surface area (Å²) < 4.78 is 0. The minimum atomic E-state index is 0.0845. The molecule has 1 atom stereocenters. The van der Waals surface area contributed by atoms with Crippen LogP contribution in [0.3, 0.4) is 0 Å². The Morgan fingerprint density at radius 1 is 1.37 bits per heavy atom. The van der Waals surface area contributed by atoms with Gasteiger partial charge in [-0.25, -0.2) is 0 Å². The molecule has 1 aliphatic rings. The topological polar surface area (TPSA) is 52.6 Å². The van der Waals surface area contributed by atoms with Gasteiger partial charge in [0.25, 0.3) is 0 Å². The fourth-order valence-electron chi connectivity index (χ4n) is 2.53. The molecular formula is C15H22N2O2. The van der Waals surface area contributed by atoms with Crippen LogP contribution in [0.4, 0.5) is 0 Å². The average Bonchev–Trinajstić information content (AvgIpc) is 2.46. The Labute approximate surface area is 114 Å². The number of aliphatic hydroxyl groups is 1. The molecule has 1 aliphatic heterocycles. The zero-order valence-electron chi connectivity index (χ0n) is 11.2. The molecule has 0 aliphatic carbocycles. The van der Waals surface area contributed by atoms with Crippen molar-refractivity contribution < 1.29 is 9.90 Å². The van der Waals surface area contributed by atoms with Gasteiger partial charge in [0.2, 0.25) is 5.91 Å². The number of piperazine rings is 1. The SMILES string of the molecule is O=C(CCCO)N1CCNCC1Cc1ccccc1. The summed E-state index contributed by atoms with van der Waals surface area (Å²) in [5.41, 5.74) is 1.26. The lowest BCUT2D eigenvalue weighted by Gasteiger charge is -2.36. The predicted octanol–water partition coefficient (Wildman–Crippen LogP) is 0.802. The van der Waals surface area contributed by atoms with Gasteiger partial charge in [-0.05, 0) is 18.4 Å². The number of nitrogens with zero attached hydrogens (tertiary/aromatic N) is 1. The van der Waals surface area contributed by atoms with Crippen molar-refractivity contribution in [1.29, 1.82) is 0 Å². The van der Waals surface area contributed by atoms with E-state index in [1.165, 1.54) is 5.56 Å². The highest BCUT2D eigenvalue weighted by Crippen LogP contribution is 2.13. The fourth-order valence-corrected chi connectivity index (χ4v) is 2.53. The maximum absolute atomic E-state index is 12.1. The minimum Gasteiger partial charge on any atom is -0.396 e. The van der Waals surface area contributed by atoms with Crippen molar-refractivity contribution in [3.05, 3.63) is 35.9 Å². The first-order chi connectivity index (χ1) is 9.31. The minimum absolute atomic E-state index is 0.0845. The van der Waals surface area contributed by atoms with Crippen LogP contribution in [-0.4, -0.2) is 48.2 Å². The molecule has 1 unspecified atom stereocenters. The summed E-state index contributed by atoms with van der Waals surface area (Å²) in [6, 6.07) is 10.5. The first-order valence-electron chi connectivity index (χ1n) is 6.96. The Morgan fingerprint density at radius 3 is 2.89 bits per heavy atom. The molecule has 1 saturated heterocycles. The van der Waals surface area contributed by atoms with Crippen molar-refractivity contribution >= 4 is 5.91 Å². The van der Waals surface area contributed by atoms with Crippen LogP contribution in [0.15, 0.2) is 30.3 Å². The molecule has 1 heterocycles. The summed E-state index contributed by atoms with van der Waals surface area (Å²) in [4.78, 5) is 14.1. The third kappa shape index (κ3) is 4.04. The van der Waals surface area contributed by atoms with Gasteiger partial charge in [0.05, 0.1) is 0 Å². The highest BCUT2D eigenvalue weighted by atomic mass is 16.3. The maximum atomic E-state index is 12.1. The summed E-state index contributed by atoms with van der Waals surface area (Å²) in [6.45, 7) is 2.55. The van der Waals surface area contributed by atoms with E-state index in [0.29, 0.717) is 12.8 Å². The van der Waals surface area contributed by atoms with Crippen LogP contribution in [-0.2, 0) is 11.2 Å². The lowest BCUT2D eigenvalue weighted by Crippen LogP contribution is -2.54. The second-order valence-corrected chi connectivity index (χ2v) is 4.96. The van der Waals surface area contributed by atoms with E-state index in [-0.39, 0.29) is 18.6 Å². The predicted molar refractivity (Wildman–Crippen MR) is 74.8 cm³/mol. The number of benzene rings is 1. The van der Waals surface area contributed by atoms with Gasteiger partial charge in [-0.15, -0.1) is 0 Å². The first kappa shape index (κ1) is 14.0. The van der Waals surface area contributed by atoms with E-state index < -0.39 is 0 Å². The Balaban J connectivity index is 1.97.